The van der Waals surface area contributed by atoms with Crippen molar-refractivity contribution in [1.82, 2.24) is 0 Å². The third kappa shape index (κ3) is 6.98. The quantitative estimate of drug-likeness (QED) is 0.115. The molecular weight excluding hydrogens is 582 g/mol. The van der Waals surface area contributed by atoms with E-state index in [1.54, 1.807) is 19.8 Å². The maximum absolute atomic E-state index is 2.59. The number of rotatable bonds is 15. The van der Waals surface area contributed by atoms with E-state index in [4.69, 9.17) is 0 Å². The van der Waals surface area contributed by atoms with Crippen LogP contribution in [0, 0.1) is 0 Å². The Hall–Kier alpha value is -1.48. The Bertz CT molecular complexity index is 1170. The summed E-state index contributed by atoms with van der Waals surface area (Å²) < 4.78 is 3.52. The van der Waals surface area contributed by atoms with Crippen molar-refractivity contribution < 1.29 is 0 Å². The molecule has 0 radical (unpaired) electrons. The molecule has 0 aliphatic rings. The first-order chi connectivity index (χ1) is 18.7. The standard InChI is InChI=1S/C36H48As2/c1-5-9-25-37(26-10-6-2)33-23-21-29-17-13-15-19-31(29)35(33)36-32-20-16-14-18-30(32)22-24-34(36)38(27-11-7-3)28-12-8-4/h13-24H,5-12,25-28H2,1-4H3. The van der Waals surface area contributed by atoms with E-state index in [1.807, 2.05) is 0 Å². The summed E-state index contributed by atoms with van der Waals surface area (Å²) >= 11 is -2.38. The maximum atomic E-state index is 2.59. The molecule has 0 fully saturated rings. The summed E-state index contributed by atoms with van der Waals surface area (Å²) in [7, 11) is 0. The van der Waals surface area contributed by atoms with Crippen molar-refractivity contribution in [3.05, 3.63) is 72.8 Å². The van der Waals surface area contributed by atoms with Gasteiger partial charge in [-0.05, 0) is 0 Å². The molecule has 0 heterocycles. The third-order valence-electron chi connectivity index (χ3n) is 7.87. The van der Waals surface area contributed by atoms with E-state index < -0.39 is 29.3 Å². The van der Waals surface area contributed by atoms with Crippen molar-refractivity contribution in [2.75, 3.05) is 0 Å². The Morgan fingerprint density at radius 2 is 0.763 bits per heavy atom. The Morgan fingerprint density at radius 1 is 0.421 bits per heavy atom. The van der Waals surface area contributed by atoms with Gasteiger partial charge in [0.05, 0.1) is 0 Å². The Balaban J connectivity index is 2.05. The van der Waals surface area contributed by atoms with Crippen LogP contribution in [0.1, 0.15) is 79.1 Å². The van der Waals surface area contributed by atoms with Gasteiger partial charge in [-0.3, -0.25) is 0 Å². The van der Waals surface area contributed by atoms with Crippen molar-refractivity contribution in [2.24, 2.45) is 0 Å². The molecule has 4 aromatic carbocycles. The van der Waals surface area contributed by atoms with Gasteiger partial charge in [0.25, 0.3) is 0 Å². The van der Waals surface area contributed by atoms with Crippen molar-refractivity contribution in [2.45, 2.75) is 99.9 Å². The first-order valence-corrected chi connectivity index (χ1v) is 22.5. The van der Waals surface area contributed by atoms with Crippen molar-refractivity contribution in [3.8, 4) is 11.1 Å². The average molecular weight is 631 g/mol. The van der Waals surface area contributed by atoms with Crippen LogP contribution in [0.25, 0.3) is 32.7 Å². The molecule has 2 heteroatoms. The van der Waals surface area contributed by atoms with E-state index in [9.17, 15) is 0 Å². The summed E-state index contributed by atoms with van der Waals surface area (Å²) in [4.78, 5) is 0. The van der Waals surface area contributed by atoms with E-state index in [0.29, 0.717) is 0 Å². The van der Waals surface area contributed by atoms with Crippen molar-refractivity contribution in [3.63, 3.8) is 0 Å². The second-order valence-electron chi connectivity index (χ2n) is 10.7. The van der Waals surface area contributed by atoms with E-state index in [-0.39, 0.29) is 0 Å². The summed E-state index contributed by atoms with van der Waals surface area (Å²) in [6.45, 7) is 9.48. The minimum absolute atomic E-state index is 1.19. The molecule has 4 aromatic rings. The van der Waals surface area contributed by atoms with Crippen LogP contribution in [0.2, 0.25) is 20.8 Å². The second kappa shape index (κ2) is 15.3. The van der Waals surface area contributed by atoms with Gasteiger partial charge in [0.2, 0.25) is 0 Å². The van der Waals surface area contributed by atoms with Gasteiger partial charge in [-0.25, -0.2) is 0 Å². The third-order valence-corrected chi connectivity index (χ3v) is 19.5. The number of hydrogen-bond donors (Lipinski definition) is 0. The van der Waals surface area contributed by atoms with Gasteiger partial charge in [-0.1, -0.05) is 0 Å². The molecule has 0 atom stereocenters. The molecule has 0 spiro atoms. The molecule has 0 saturated heterocycles. The SMILES string of the molecule is CCCC[As](CCCC)c1ccc2ccccc2c1-c1c([As](CCCC)CCCC)ccc2ccccc12. The van der Waals surface area contributed by atoms with Crippen molar-refractivity contribution >= 4 is 59.6 Å². The summed E-state index contributed by atoms with van der Waals surface area (Å²) in [5.41, 5.74) is 3.27. The fourth-order valence-corrected chi connectivity index (χ4v) is 18.0. The predicted octanol–water partition coefficient (Wildman–Crippen LogP) is 10.3. The van der Waals surface area contributed by atoms with Gasteiger partial charge in [-0.15, -0.1) is 0 Å². The van der Waals surface area contributed by atoms with Crippen LogP contribution in [-0.4, -0.2) is 29.3 Å². The fraction of sp³-hybridized carbons (Fsp3) is 0.444. The first kappa shape index (κ1) is 29.5. The minimum atomic E-state index is -1.19. The molecule has 0 amide bonds. The van der Waals surface area contributed by atoms with E-state index in [2.05, 4.69) is 100 Å². The van der Waals surface area contributed by atoms with Crippen LogP contribution < -0.4 is 8.70 Å². The van der Waals surface area contributed by atoms with E-state index >= 15 is 0 Å². The normalized spacial score (nSPS) is 11.8. The van der Waals surface area contributed by atoms with E-state index in [0.717, 1.165) is 0 Å². The van der Waals surface area contributed by atoms with Gasteiger partial charge < -0.3 is 0 Å². The number of fused-ring (bicyclic) bond motifs is 2. The molecule has 38 heavy (non-hydrogen) atoms. The van der Waals surface area contributed by atoms with Crippen LogP contribution in [-0.2, 0) is 0 Å². The molecule has 0 aliphatic carbocycles. The first-order valence-electron chi connectivity index (χ1n) is 15.3. The van der Waals surface area contributed by atoms with Crippen LogP contribution in [0.4, 0.5) is 0 Å². The van der Waals surface area contributed by atoms with Gasteiger partial charge in [-0.2, -0.15) is 0 Å². The summed E-state index contributed by atoms with van der Waals surface area (Å²) in [6, 6.07) is 28.6. The molecule has 4 rings (SSSR count). The molecular formula is C36H48As2. The summed E-state index contributed by atoms with van der Waals surface area (Å²) in [5.74, 6) is 0. The van der Waals surface area contributed by atoms with Gasteiger partial charge in [0, 0.05) is 0 Å². The van der Waals surface area contributed by atoms with Gasteiger partial charge in [0.15, 0.2) is 0 Å². The molecule has 202 valence electrons. The average Bonchev–Trinajstić information content (AvgIpc) is 2.96. The Kier molecular flexibility index (Phi) is 11.9. The predicted molar refractivity (Wildman–Crippen MR) is 177 cm³/mol. The number of unbranched alkanes of at least 4 members (excludes halogenated alkanes) is 4. The van der Waals surface area contributed by atoms with Crippen molar-refractivity contribution in [1.29, 1.82) is 0 Å². The van der Waals surface area contributed by atoms with Gasteiger partial charge in [0.1, 0.15) is 0 Å². The Labute approximate surface area is 242 Å². The number of benzene rings is 4. The zero-order valence-electron chi connectivity index (χ0n) is 24.3. The van der Waals surface area contributed by atoms with Crippen LogP contribution in [0.3, 0.4) is 0 Å². The Morgan fingerprint density at radius 3 is 1.11 bits per heavy atom. The second-order valence-corrected chi connectivity index (χ2v) is 21.1. The molecule has 0 aromatic heterocycles. The molecule has 0 aliphatic heterocycles. The topological polar surface area (TPSA) is 0 Å². The number of hydrogen-bond acceptors (Lipinski definition) is 0. The molecule has 0 saturated carbocycles. The summed E-state index contributed by atoms with van der Waals surface area (Å²) in [5, 5.41) is 11.6. The summed E-state index contributed by atoms with van der Waals surface area (Å²) in [6.07, 6.45) is 10.7. The molecule has 0 N–H and O–H groups in total. The van der Waals surface area contributed by atoms with Crippen LogP contribution >= 0.6 is 0 Å². The van der Waals surface area contributed by atoms with E-state index in [1.165, 1.54) is 93.7 Å². The zero-order valence-corrected chi connectivity index (χ0v) is 28.1. The monoisotopic (exact) mass is 630 g/mol. The van der Waals surface area contributed by atoms with Crippen LogP contribution in [0.15, 0.2) is 72.8 Å². The van der Waals surface area contributed by atoms with Crippen LogP contribution in [0.5, 0.6) is 0 Å². The molecule has 0 nitrogen and oxygen atoms in total. The molecule has 0 bridgehead atoms. The zero-order chi connectivity index (χ0) is 26.7. The molecule has 0 unspecified atom stereocenters. The fourth-order valence-electron chi connectivity index (χ4n) is 5.67. The van der Waals surface area contributed by atoms with Gasteiger partial charge >= 0.3 is 243 Å².